The molecule has 0 fully saturated rings. The molecule has 2 heterocycles. The van der Waals surface area contributed by atoms with Crippen LogP contribution in [0.4, 0.5) is 0 Å². The number of hydrogen-bond donors (Lipinski definition) is 1. The Kier molecular flexibility index (Phi) is 4.30. The summed E-state index contributed by atoms with van der Waals surface area (Å²) < 4.78 is 0. The minimum atomic E-state index is -0.229. The van der Waals surface area contributed by atoms with Gasteiger partial charge < -0.3 is 10.2 Å². The minimum Gasteiger partial charge on any atom is -0.354 e. The van der Waals surface area contributed by atoms with Crippen LogP contribution in [0.15, 0.2) is 47.9 Å². The number of rotatable bonds is 4. The third-order valence-corrected chi connectivity index (χ3v) is 5.01. The van der Waals surface area contributed by atoms with Crippen LogP contribution in [0.5, 0.6) is 0 Å². The fourth-order valence-corrected chi connectivity index (χ4v) is 3.71. The summed E-state index contributed by atoms with van der Waals surface area (Å²) in [6, 6.07) is 11.8. The number of amides is 2. The zero-order chi connectivity index (χ0) is 16.4. The Labute approximate surface area is 139 Å². The molecule has 2 amide bonds. The van der Waals surface area contributed by atoms with Crippen LogP contribution < -0.4 is 5.32 Å². The molecule has 1 aliphatic heterocycles. The van der Waals surface area contributed by atoms with Crippen molar-refractivity contribution in [3.05, 3.63) is 63.9 Å². The van der Waals surface area contributed by atoms with Crippen molar-refractivity contribution in [1.29, 1.82) is 0 Å². The molecule has 1 N–H and O–H groups in total. The monoisotopic (exact) mass is 326 g/mol. The van der Waals surface area contributed by atoms with Gasteiger partial charge in [-0.3, -0.25) is 9.59 Å². The summed E-state index contributed by atoms with van der Waals surface area (Å²) in [6.07, 6.45) is 2.55. The lowest BCUT2D eigenvalue weighted by molar-refractivity contribution is -0.128. The van der Waals surface area contributed by atoms with Crippen LogP contribution in [-0.2, 0) is 11.2 Å². The fourth-order valence-electron chi connectivity index (χ4n) is 2.83. The summed E-state index contributed by atoms with van der Waals surface area (Å²) in [7, 11) is 3.42. The molecule has 2 aromatic rings. The predicted molar refractivity (Wildman–Crippen MR) is 92.1 cm³/mol. The van der Waals surface area contributed by atoms with Gasteiger partial charge in [0, 0.05) is 19.8 Å². The number of carbonyl (C=O) groups is 2. The molecular weight excluding hydrogens is 308 g/mol. The van der Waals surface area contributed by atoms with Gasteiger partial charge in [0.2, 0.25) is 5.91 Å². The van der Waals surface area contributed by atoms with E-state index in [1.165, 1.54) is 11.3 Å². The van der Waals surface area contributed by atoms with Crippen LogP contribution >= 0.6 is 11.3 Å². The lowest BCUT2D eigenvalue weighted by Gasteiger charge is -2.15. The Morgan fingerprint density at radius 2 is 2.00 bits per heavy atom. The summed E-state index contributed by atoms with van der Waals surface area (Å²) in [4.78, 5) is 26.8. The molecule has 118 valence electrons. The second kappa shape index (κ2) is 6.38. The molecular formula is C18H18N2O2S. The smallest absolute Gasteiger partial charge is 0.261 e. The van der Waals surface area contributed by atoms with Crippen molar-refractivity contribution in [2.45, 2.75) is 6.42 Å². The van der Waals surface area contributed by atoms with E-state index in [9.17, 15) is 9.59 Å². The predicted octanol–water partition coefficient (Wildman–Crippen LogP) is 2.78. The average molecular weight is 326 g/mol. The van der Waals surface area contributed by atoms with E-state index in [1.54, 1.807) is 19.0 Å². The van der Waals surface area contributed by atoms with Gasteiger partial charge >= 0.3 is 0 Å². The Morgan fingerprint density at radius 1 is 1.26 bits per heavy atom. The Balaban J connectivity index is 1.87. The third-order valence-electron chi connectivity index (χ3n) is 4.06. The standard InChI is InChI=1S/C18H18N2O2S/c1-19-17(21)16-13(8-9-23-16)10-14-11-15(20(2)18(14)22)12-6-4-3-5-7-12/h3-9,11,14H,10H2,1-2H3,(H,19,21). The van der Waals surface area contributed by atoms with E-state index in [-0.39, 0.29) is 17.7 Å². The number of benzene rings is 1. The summed E-state index contributed by atoms with van der Waals surface area (Å²) in [5, 5.41) is 4.54. The van der Waals surface area contributed by atoms with Crippen LogP contribution in [-0.4, -0.2) is 30.8 Å². The van der Waals surface area contributed by atoms with Crippen molar-refractivity contribution in [1.82, 2.24) is 10.2 Å². The number of thiophene rings is 1. The van der Waals surface area contributed by atoms with E-state index in [4.69, 9.17) is 0 Å². The highest BCUT2D eigenvalue weighted by atomic mass is 32.1. The van der Waals surface area contributed by atoms with Gasteiger partial charge in [0.05, 0.1) is 10.8 Å². The highest BCUT2D eigenvalue weighted by Crippen LogP contribution is 2.31. The van der Waals surface area contributed by atoms with Gasteiger partial charge in [0.15, 0.2) is 0 Å². The Bertz CT molecular complexity index is 764. The topological polar surface area (TPSA) is 49.4 Å². The van der Waals surface area contributed by atoms with Crippen molar-refractivity contribution < 1.29 is 9.59 Å². The molecule has 1 atom stereocenters. The molecule has 4 nitrogen and oxygen atoms in total. The van der Waals surface area contributed by atoms with E-state index in [0.717, 1.165) is 16.8 Å². The van der Waals surface area contributed by atoms with Crippen molar-refractivity contribution in [3.63, 3.8) is 0 Å². The lowest BCUT2D eigenvalue weighted by Crippen LogP contribution is -2.26. The van der Waals surface area contributed by atoms with Gasteiger partial charge in [-0.25, -0.2) is 0 Å². The average Bonchev–Trinajstić information content (AvgIpc) is 3.15. The van der Waals surface area contributed by atoms with E-state index < -0.39 is 0 Å². The van der Waals surface area contributed by atoms with Crippen LogP contribution in [0.25, 0.3) is 5.70 Å². The lowest BCUT2D eigenvalue weighted by atomic mass is 9.99. The first kappa shape index (κ1) is 15.5. The number of carbonyl (C=O) groups excluding carboxylic acids is 2. The molecule has 0 aliphatic carbocycles. The second-order valence-electron chi connectivity index (χ2n) is 5.48. The van der Waals surface area contributed by atoms with Crippen molar-refractivity contribution >= 4 is 28.8 Å². The minimum absolute atomic E-state index is 0.0675. The number of nitrogens with zero attached hydrogens (tertiary/aromatic N) is 1. The van der Waals surface area contributed by atoms with Gasteiger partial charge in [0.1, 0.15) is 0 Å². The van der Waals surface area contributed by atoms with Crippen LogP contribution in [0.3, 0.4) is 0 Å². The maximum absolute atomic E-state index is 12.5. The first-order valence-electron chi connectivity index (χ1n) is 7.45. The first-order valence-corrected chi connectivity index (χ1v) is 8.33. The molecule has 0 bridgehead atoms. The third kappa shape index (κ3) is 2.92. The van der Waals surface area contributed by atoms with Crippen molar-refractivity contribution in [2.24, 2.45) is 5.92 Å². The van der Waals surface area contributed by atoms with Gasteiger partial charge in [-0.2, -0.15) is 0 Å². The summed E-state index contributed by atoms with van der Waals surface area (Å²) in [5.74, 6) is -0.257. The molecule has 0 radical (unpaired) electrons. The van der Waals surface area contributed by atoms with E-state index in [0.29, 0.717) is 11.3 Å². The summed E-state index contributed by atoms with van der Waals surface area (Å²) in [6.45, 7) is 0. The Hall–Kier alpha value is -2.40. The highest BCUT2D eigenvalue weighted by molar-refractivity contribution is 7.12. The van der Waals surface area contributed by atoms with Crippen LogP contribution in [0.2, 0.25) is 0 Å². The molecule has 23 heavy (non-hydrogen) atoms. The molecule has 1 aromatic carbocycles. The maximum atomic E-state index is 12.5. The molecule has 5 heteroatoms. The normalized spacial score (nSPS) is 17.3. The van der Waals surface area contributed by atoms with Crippen molar-refractivity contribution in [2.75, 3.05) is 14.1 Å². The molecule has 0 saturated carbocycles. The van der Waals surface area contributed by atoms with E-state index >= 15 is 0 Å². The van der Waals surface area contributed by atoms with Crippen LogP contribution in [0, 0.1) is 5.92 Å². The zero-order valence-electron chi connectivity index (χ0n) is 13.1. The fraction of sp³-hybridized carbons (Fsp3) is 0.222. The summed E-state index contributed by atoms with van der Waals surface area (Å²) in [5.41, 5.74) is 2.88. The molecule has 3 rings (SSSR count). The van der Waals surface area contributed by atoms with E-state index in [1.807, 2.05) is 47.9 Å². The first-order chi connectivity index (χ1) is 11.1. The van der Waals surface area contributed by atoms with Crippen molar-refractivity contribution in [3.8, 4) is 0 Å². The molecule has 1 unspecified atom stereocenters. The summed E-state index contributed by atoms with van der Waals surface area (Å²) >= 11 is 1.41. The number of nitrogens with one attached hydrogen (secondary N) is 1. The van der Waals surface area contributed by atoms with Gasteiger partial charge in [-0.15, -0.1) is 11.3 Å². The quantitative estimate of drug-likeness (QED) is 0.939. The largest absolute Gasteiger partial charge is 0.354 e. The molecule has 1 aliphatic rings. The zero-order valence-corrected chi connectivity index (χ0v) is 13.9. The Morgan fingerprint density at radius 3 is 2.70 bits per heavy atom. The molecule has 1 aromatic heterocycles. The van der Waals surface area contributed by atoms with E-state index in [2.05, 4.69) is 5.32 Å². The van der Waals surface area contributed by atoms with Gasteiger partial charge in [-0.1, -0.05) is 30.3 Å². The second-order valence-corrected chi connectivity index (χ2v) is 6.40. The SMILES string of the molecule is CNC(=O)c1sccc1CC1C=C(c2ccccc2)N(C)C1=O. The molecule has 0 saturated heterocycles. The molecule has 0 spiro atoms. The number of hydrogen-bond acceptors (Lipinski definition) is 3. The van der Waals surface area contributed by atoms with Gasteiger partial charge in [-0.05, 0) is 35.1 Å². The maximum Gasteiger partial charge on any atom is 0.261 e. The van der Waals surface area contributed by atoms with Gasteiger partial charge in [0.25, 0.3) is 5.91 Å². The highest BCUT2D eigenvalue weighted by Gasteiger charge is 2.31. The van der Waals surface area contributed by atoms with Crippen LogP contribution in [0.1, 0.15) is 20.8 Å².